The Balaban J connectivity index is 1.43. The van der Waals surface area contributed by atoms with Gasteiger partial charge in [0.25, 0.3) is 5.91 Å². The summed E-state index contributed by atoms with van der Waals surface area (Å²) in [5, 5.41) is 15.1. The van der Waals surface area contributed by atoms with Gasteiger partial charge in [0.2, 0.25) is 0 Å². The number of hydrogen-bond acceptors (Lipinski definition) is 5. The summed E-state index contributed by atoms with van der Waals surface area (Å²) in [6.07, 6.45) is 1.57. The molecule has 7 nitrogen and oxygen atoms in total. The molecule has 1 atom stereocenters. The van der Waals surface area contributed by atoms with Gasteiger partial charge in [-0.05, 0) is 30.7 Å². The van der Waals surface area contributed by atoms with E-state index in [9.17, 15) is 9.90 Å². The zero-order valence-electron chi connectivity index (χ0n) is 16.5. The Morgan fingerprint density at radius 1 is 1.31 bits per heavy atom. The smallest absolute Gasteiger partial charge is 0.269 e. The number of para-hydroxylation sites is 1. The maximum Gasteiger partial charge on any atom is 0.269 e. The van der Waals surface area contributed by atoms with Gasteiger partial charge in [0.15, 0.2) is 0 Å². The standard InChI is InChI=1S/C22H26N4O3/c1-16-17-6-2-3-7-18(17)25-20(16)12-26-10-11-29-15-22(28,14-26)13-24-21(27)19-8-4-5-9-23-19/h2-9,25,28H,10-15H2,1H3,(H,24,27). The first-order valence-corrected chi connectivity index (χ1v) is 9.82. The molecule has 0 radical (unpaired) electrons. The van der Waals surface area contributed by atoms with E-state index in [0.717, 1.165) is 11.2 Å². The van der Waals surface area contributed by atoms with Crippen molar-refractivity contribution in [3.63, 3.8) is 0 Å². The van der Waals surface area contributed by atoms with Crippen molar-refractivity contribution in [1.29, 1.82) is 0 Å². The fourth-order valence-electron chi connectivity index (χ4n) is 3.79. The minimum absolute atomic E-state index is 0.102. The molecule has 1 amide bonds. The number of aliphatic hydroxyl groups is 1. The van der Waals surface area contributed by atoms with Crippen LogP contribution in [0.2, 0.25) is 0 Å². The fourth-order valence-corrected chi connectivity index (χ4v) is 3.79. The summed E-state index contributed by atoms with van der Waals surface area (Å²) in [5.41, 5.74) is 2.63. The third-order valence-electron chi connectivity index (χ3n) is 5.37. The predicted octanol–water partition coefficient (Wildman–Crippen LogP) is 1.86. The number of fused-ring (bicyclic) bond motifs is 1. The molecule has 0 aliphatic carbocycles. The zero-order chi connectivity index (χ0) is 20.3. The average Bonchev–Trinajstić information content (AvgIpc) is 2.92. The van der Waals surface area contributed by atoms with E-state index in [2.05, 4.69) is 39.2 Å². The Morgan fingerprint density at radius 2 is 2.14 bits per heavy atom. The van der Waals surface area contributed by atoms with Crippen molar-refractivity contribution >= 4 is 16.8 Å². The van der Waals surface area contributed by atoms with Gasteiger partial charge in [-0.2, -0.15) is 0 Å². The van der Waals surface area contributed by atoms with Crippen LogP contribution in [0.25, 0.3) is 10.9 Å². The third kappa shape index (κ3) is 4.48. The largest absolute Gasteiger partial charge is 0.384 e. The van der Waals surface area contributed by atoms with Gasteiger partial charge in [-0.25, -0.2) is 0 Å². The summed E-state index contributed by atoms with van der Waals surface area (Å²) in [4.78, 5) is 22.0. The van der Waals surface area contributed by atoms with Gasteiger partial charge < -0.3 is 20.1 Å². The monoisotopic (exact) mass is 394 g/mol. The van der Waals surface area contributed by atoms with Crippen LogP contribution in [0.1, 0.15) is 21.7 Å². The van der Waals surface area contributed by atoms with E-state index < -0.39 is 5.60 Å². The maximum absolute atomic E-state index is 12.3. The fraction of sp³-hybridized carbons (Fsp3) is 0.364. The van der Waals surface area contributed by atoms with E-state index >= 15 is 0 Å². The van der Waals surface area contributed by atoms with Gasteiger partial charge in [-0.3, -0.25) is 14.7 Å². The van der Waals surface area contributed by atoms with Crippen LogP contribution in [0.3, 0.4) is 0 Å². The van der Waals surface area contributed by atoms with E-state index in [0.29, 0.717) is 31.9 Å². The van der Waals surface area contributed by atoms with Crippen LogP contribution in [-0.2, 0) is 11.3 Å². The number of rotatable bonds is 5. The number of H-pyrrole nitrogens is 1. The summed E-state index contributed by atoms with van der Waals surface area (Å²) < 4.78 is 5.64. The molecule has 1 aliphatic heterocycles. The molecule has 0 saturated carbocycles. The van der Waals surface area contributed by atoms with Crippen LogP contribution in [0.5, 0.6) is 0 Å². The van der Waals surface area contributed by atoms with Gasteiger partial charge in [-0.1, -0.05) is 24.3 Å². The van der Waals surface area contributed by atoms with Gasteiger partial charge in [0, 0.05) is 42.4 Å². The number of benzene rings is 1. The first-order valence-electron chi connectivity index (χ1n) is 9.82. The molecule has 3 N–H and O–H groups in total. The minimum Gasteiger partial charge on any atom is -0.384 e. The van der Waals surface area contributed by atoms with Crippen LogP contribution >= 0.6 is 0 Å². The van der Waals surface area contributed by atoms with E-state index in [1.807, 2.05) is 12.1 Å². The number of hydrogen-bond donors (Lipinski definition) is 3. The van der Waals surface area contributed by atoms with Crippen molar-refractivity contribution in [1.82, 2.24) is 20.2 Å². The van der Waals surface area contributed by atoms with E-state index in [4.69, 9.17) is 4.74 Å². The predicted molar refractivity (Wildman–Crippen MR) is 111 cm³/mol. The summed E-state index contributed by atoms with van der Waals surface area (Å²) in [7, 11) is 0. The van der Waals surface area contributed by atoms with Gasteiger partial charge in [0.05, 0.1) is 19.8 Å². The molecule has 2 aromatic heterocycles. The van der Waals surface area contributed by atoms with Gasteiger partial charge in [0.1, 0.15) is 11.3 Å². The lowest BCUT2D eigenvalue weighted by Crippen LogP contribution is -2.52. The molecule has 0 bridgehead atoms. The number of pyridine rings is 1. The number of nitrogens with one attached hydrogen (secondary N) is 2. The topological polar surface area (TPSA) is 90.5 Å². The van der Waals surface area contributed by atoms with Gasteiger partial charge in [-0.15, -0.1) is 0 Å². The lowest BCUT2D eigenvalue weighted by atomic mass is 10.0. The molecule has 3 heterocycles. The van der Waals surface area contributed by atoms with Crippen molar-refractivity contribution in [3.8, 4) is 0 Å². The number of ether oxygens (including phenoxy) is 1. The highest BCUT2D eigenvalue weighted by molar-refractivity contribution is 5.92. The minimum atomic E-state index is -1.17. The summed E-state index contributed by atoms with van der Waals surface area (Å²) in [5.74, 6) is -0.304. The molecule has 4 rings (SSSR count). The first kappa shape index (κ1) is 19.6. The van der Waals surface area contributed by atoms with Crippen molar-refractivity contribution in [3.05, 3.63) is 65.6 Å². The number of aromatic amines is 1. The molecule has 1 aromatic carbocycles. The van der Waals surface area contributed by atoms with Crippen LogP contribution in [0, 0.1) is 6.92 Å². The number of amides is 1. The number of carbonyl (C=O) groups is 1. The number of aryl methyl sites for hydroxylation is 1. The molecule has 152 valence electrons. The molecular weight excluding hydrogens is 368 g/mol. The number of aromatic nitrogens is 2. The SMILES string of the molecule is Cc1c(CN2CCOCC(O)(CNC(=O)c3ccccn3)C2)[nH]c2ccccc12. The van der Waals surface area contributed by atoms with Crippen LogP contribution in [0.4, 0.5) is 0 Å². The van der Waals surface area contributed by atoms with E-state index in [1.165, 1.54) is 10.9 Å². The molecule has 7 heteroatoms. The number of carbonyl (C=O) groups excluding carboxylic acids is 1. The Morgan fingerprint density at radius 3 is 2.93 bits per heavy atom. The molecular formula is C22H26N4O3. The van der Waals surface area contributed by atoms with Crippen molar-refractivity contribution in [2.45, 2.75) is 19.1 Å². The number of nitrogens with zero attached hydrogens (tertiary/aromatic N) is 2. The molecule has 0 spiro atoms. The van der Waals surface area contributed by atoms with E-state index in [1.54, 1.807) is 24.4 Å². The van der Waals surface area contributed by atoms with Gasteiger partial charge >= 0.3 is 0 Å². The molecule has 3 aromatic rings. The Hall–Kier alpha value is -2.74. The Kier molecular flexibility index (Phi) is 5.62. The van der Waals surface area contributed by atoms with Crippen LogP contribution < -0.4 is 5.32 Å². The van der Waals surface area contributed by atoms with Crippen molar-refractivity contribution in [2.75, 3.05) is 32.8 Å². The summed E-state index contributed by atoms with van der Waals surface area (Å²) in [6, 6.07) is 13.4. The lowest BCUT2D eigenvalue weighted by molar-refractivity contribution is -0.0346. The average molecular weight is 394 g/mol. The normalized spacial score (nSPS) is 20.5. The highest BCUT2D eigenvalue weighted by Crippen LogP contribution is 2.23. The highest BCUT2D eigenvalue weighted by Gasteiger charge is 2.33. The van der Waals surface area contributed by atoms with Crippen molar-refractivity contribution in [2.24, 2.45) is 0 Å². The third-order valence-corrected chi connectivity index (χ3v) is 5.37. The Labute approximate surface area is 169 Å². The van der Waals surface area contributed by atoms with Crippen LogP contribution in [0.15, 0.2) is 48.7 Å². The lowest BCUT2D eigenvalue weighted by Gasteiger charge is -2.30. The number of β-amino-alcohol motifs (C(OH)–C–C–N with tert-alkyl or cyclic N) is 1. The molecule has 1 aliphatic rings. The van der Waals surface area contributed by atoms with Crippen LogP contribution in [-0.4, -0.2) is 64.3 Å². The maximum atomic E-state index is 12.3. The van der Waals surface area contributed by atoms with Crippen molar-refractivity contribution < 1.29 is 14.6 Å². The highest BCUT2D eigenvalue weighted by atomic mass is 16.5. The molecule has 1 unspecified atom stereocenters. The Bertz CT molecular complexity index is 988. The molecule has 29 heavy (non-hydrogen) atoms. The zero-order valence-corrected chi connectivity index (χ0v) is 16.5. The molecule has 1 fully saturated rings. The quantitative estimate of drug-likeness (QED) is 0.615. The second kappa shape index (κ2) is 8.32. The summed E-state index contributed by atoms with van der Waals surface area (Å²) in [6.45, 7) is 4.73. The second-order valence-electron chi connectivity index (χ2n) is 7.66. The first-order chi connectivity index (χ1) is 14.0. The second-order valence-corrected chi connectivity index (χ2v) is 7.66. The molecule has 1 saturated heterocycles. The summed E-state index contributed by atoms with van der Waals surface area (Å²) >= 11 is 0. The van der Waals surface area contributed by atoms with E-state index in [-0.39, 0.29) is 19.1 Å².